The number of carbonyl (C=O) groups is 1. The van der Waals surface area contributed by atoms with Gasteiger partial charge in [0.05, 0.1) is 0 Å². The third-order valence-electron chi connectivity index (χ3n) is 4.29. The van der Waals surface area contributed by atoms with Crippen LogP contribution in [0, 0.1) is 11.7 Å². The molecule has 1 saturated carbocycles. The fourth-order valence-corrected chi connectivity index (χ4v) is 6.70. The molecule has 2 fully saturated rings. The zero-order valence-corrected chi connectivity index (χ0v) is 16.8. The van der Waals surface area contributed by atoms with Gasteiger partial charge < -0.3 is 4.90 Å². The van der Waals surface area contributed by atoms with Crippen molar-refractivity contribution in [2.75, 3.05) is 13.1 Å². The molecule has 0 atom stereocenters. The molecule has 0 spiro atoms. The number of halogens is 3. The number of hydrogen-bond acceptors (Lipinski definition) is 3. The summed E-state index contributed by atoms with van der Waals surface area (Å²) in [4.78, 5) is 13.8. The molecule has 2 aliphatic rings. The Morgan fingerprint density at radius 1 is 1.12 bits per heavy atom. The lowest BCUT2D eigenvalue weighted by atomic mass is 10.1. The van der Waals surface area contributed by atoms with Gasteiger partial charge in [-0.2, -0.15) is 0 Å². The fraction of sp³-hybridized carbons (Fsp3) is 0.533. The molecule has 1 aliphatic carbocycles. The van der Waals surface area contributed by atoms with Crippen molar-refractivity contribution in [1.82, 2.24) is 9.62 Å². The number of benzene rings is 1. The van der Waals surface area contributed by atoms with Crippen LogP contribution in [0.4, 0.5) is 4.39 Å². The molecule has 1 amide bonds. The second-order valence-electron chi connectivity index (χ2n) is 6.19. The molecule has 0 radical (unpaired) electrons. The first-order valence-electron chi connectivity index (χ1n) is 7.73. The van der Waals surface area contributed by atoms with Gasteiger partial charge in [0, 0.05) is 34.0 Å². The first kappa shape index (κ1) is 18.3. The van der Waals surface area contributed by atoms with Crippen LogP contribution < -0.4 is 4.72 Å². The summed E-state index contributed by atoms with van der Waals surface area (Å²) in [7, 11) is -3.79. The van der Waals surface area contributed by atoms with Crippen molar-refractivity contribution in [2.45, 2.75) is 36.6 Å². The molecule has 1 aliphatic heterocycles. The van der Waals surface area contributed by atoms with Crippen LogP contribution in [0.2, 0.25) is 0 Å². The van der Waals surface area contributed by atoms with E-state index in [1.807, 2.05) is 4.90 Å². The highest BCUT2D eigenvalue weighted by molar-refractivity contribution is 9.11. The van der Waals surface area contributed by atoms with Crippen LogP contribution in [0.1, 0.15) is 25.7 Å². The SMILES string of the molecule is O=C(C1CC1)N1CCC(NS(=O)(=O)c2c(Br)cc(F)cc2Br)CC1. The second-order valence-corrected chi connectivity index (χ2v) is 9.55. The summed E-state index contributed by atoms with van der Waals surface area (Å²) in [6, 6.07) is 2.01. The maximum Gasteiger partial charge on any atom is 0.243 e. The lowest BCUT2D eigenvalue weighted by Crippen LogP contribution is -2.47. The van der Waals surface area contributed by atoms with Gasteiger partial charge in [-0.05, 0) is 69.7 Å². The van der Waals surface area contributed by atoms with Crippen LogP contribution >= 0.6 is 31.9 Å². The van der Waals surface area contributed by atoms with Crippen molar-refractivity contribution in [2.24, 2.45) is 5.92 Å². The number of hydrogen-bond donors (Lipinski definition) is 1. The maximum atomic E-state index is 13.3. The van der Waals surface area contributed by atoms with E-state index in [1.165, 1.54) is 0 Å². The number of nitrogens with one attached hydrogen (secondary N) is 1. The van der Waals surface area contributed by atoms with Crippen LogP contribution in [0.5, 0.6) is 0 Å². The Hall–Kier alpha value is -0.510. The number of nitrogens with zero attached hydrogens (tertiary/aromatic N) is 1. The minimum atomic E-state index is -3.79. The summed E-state index contributed by atoms with van der Waals surface area (Å²) in [6.07, 6.45) is 3.10. The summed E-state index contributed by atoms with van der Waals surface area (Å²) < 4.78 is 41.6. The van der Waals surface area contributed by atoms with Crippen molar-refractivity contribution < 1.29 is 17.6 Å². The molecule has 1 aromatic rings. The van der Waals surface area contributed by atoms with Crippen LogP contribution in [0.3, 0.4) is 0 Å². The van der Waals surface area contributed by atoms with Gasteiger partial charge in [0.1, 0.15) is 10.7 Å². The number of carbonyl (C=O) groups excluding carboxylic acids is 1. The minimum Gasteiger partial charge on any atom is -0.342 e. The van der Waals surface area contributed by atoms with Crippen LogP contribution in [-0.4, -0.2) is 38.4 Å². The molecule has 1 N–H and O–H groups in total. The number of likely N-dealkylation sites (tertiary alicyclic amines) is 1. The zero-order chi connectivity index (χ0) is 17.5. The fourth-order valence-electron chi connectivity index (χ4n) is 2.87. The Kier molecular flexibility index (Phi) is 5.34. The summed E-state index contributed by atoms with van der Waals surface area (Å²) in [5.41, 5.74) is 0. The molecule has 132 valence electrons. The molecule has 1 aromatic carbocycles. The Bertz CT molecular complexity index is 737. The molecule has 1 saturated heterocycles. The Balaban J connectivity index is 1.67. The molecule has 3 rings (SSSR count). The highest BCUT2D eigenvalue weighted by atomic mass is 79.9. The van der Waals surface area contributed by atoms with E-state index < -0.39 is 15.8 Å². The number of sulfonamides is 1. The Morgan fingerprint density at radius 3 is 2.17 bits per heavy atom. The second kappa shape index (κ2) is 7.01. The highest BCUT2D eigenvalue weighted by Crippen LogP contribution is 2.33. The minimum absolute atomic E-state index is 0.0135. The van der Waals surface area contributed by atoms with Gasteiger partial charge >= 0.3 is 0 Å². The van der Waals surface area contributed by atoms with E-state index in [-0.39, 0.29) is 31.7 Å². The van der Waals surface area contributed by atoms with E-state index in [0.717, 1.165) is 25.0 Å². The van der Waals surface area contributed by atoms with E-state index in [2.05, 4.69) is 36.6 Å². The monoisotopic (exact) mass is 482 g/mol. The van der Waals surface area contributed by atoms with Gasteiger partial charge in [-0.3, -0.25) is 4.79 Å². The Labute approximate surface area is 157 Å². The molecular formula is C15H17Br2FN2O3S. The maximum absolute atomic E-state index is 13.3. The average Bonchev–Trinajstić information content (AvgIpc) is 3.30. The van der Waals surface area contributed by atoms with Crippen LogP contribution in [0.25, 0.3) is 0 Å². The lowest BCUT2D eigenvalue weighted by Gasteiger charge is -2.32. The van der Waals surface area contributed by atoms with Gasteiger partial charge in [-0.25, -0.2) is 17.5 Å². The van der Waals surface area contributed by atoms with Gasteiger partial charge in [0.2, 0.25) is 15.9 Å². The van der Waals surface area contributed by atoms with Crippen molar-refractivity contribution in [1.29, 1.82) is 0 Å². The average molecular weight is 484 g/mol. The standard InChI is InChI=1S/C15H17Br2FN2O3S/c16-12-7-10(18)8-13(17)14(12)24(22,23)19-11-3-5-20(6-4-11)15(21)9-1-2-9/h7-9,11,19H,1-6H2. The van der Waals surface area contributed by atoms with Crippen molar-refractivity contribution in [3.05, 3.63) is 26.9 Å². The smallest absolute Gasteiger partial charge is 0.243 e. The molecule has 0 unspecified atom stereocenters. The van der Waals surface area contributed by atoms with Gasteiger partial charge in [-0.1, -0.05) is 0 Å². The predicted octanol–water partition coefficient (Wildman–Crippen LogP) is 3.03. The molecule has 1 heterocycles. The quantitative estimate of drug-likeness (QED) is 0.715. The van der Waals surface area contributed by atoms with Crippen LogP contribution in [0.15, 0.2) is 26.0 Å². The van der Waals surface area contributed by atoms with Crippen LogP contribution in [-0.2, 0) is 14.8 Å². The zero-order valence-electron chi connectivity index (χ0n) is 12.8. The third-order valence-corrected chi connectivity index (χ3v) is 7.68. The molecule has 9 heteroatoms. The predicted molar refractivity (Wildman–Crippen MR) is 94.4 cm³/mol. The summed E-state index contributed by atoms with van der Waals surface area (Å²) in [5.74, 6) is -0.149. The molecule has 24 heavy (non-hydrogen) atoms. The van der Waals surface area contributed by atoms with Gasteiger partial charge in [0.25, 0.3) is 0 Å². The first-order valence-corrected chi connectivity index (χ1v) is 10.8. The molecule has 0 aromatic heterocycles. The van der Waals surface area contributed by atoms with E-state index in [9.17, 15) is 17.6 Å². The van der Waals surface area contributed by atoms with Gasteiger partial charge in [-0.15, -0.1) is 0 Å². The Morgan fingerprint density at radius 2 is 1.67 bits per heavy atom. The van der Waals surface area contributed by atoms with Crippen molar-refractivity contribution in [3.8, 4) is 0 Å². The van der Waals surface area contributed by atoms with E-state index in [1.54, 1.807) is 0 Å². The highest BCUT2D eigenvalue weighted by Gasteiger charge is 2.35. The summed E-state index contributed by atoms with van der Waals surface area (Å²) >= 11 is 6.22. The van der Waals surface area contributed by atoms with Gasteiger partial charge in [0.15, 0.2) is 0 Å². The first-order chi connectivity index (χ1) is 11.3. The largest absolute Gasteiger partial charge is 0.342 e. The topological polar surface area (TPSA) is 66.5 Å². The third kappa shape index (κ3) is 4.00. The van der Waals surface area contributed by atoms with E-state index in [0.29, 0.717) is 25.9 Å². The van der Waals surface area contributed by atoms with Crippen molar-refractivity contribution >= 4 is 47.8 Å². The van der Waals surface area contributed by atoms with E-state index in [4.69, 9.17) is 0 Å². The molecular weight excluding hydrogens is 467 g/mol. The number of amides is 1. The lowest BCUT2D eigenvalue weighted by molar-refractivity contribution is -0.133. The number of piperidine rings is 1. The summed E-state index contributed by atoms with van der Waals surface area (Å²) in [6.45, 7) is 1.13. The van der Waals surface area contributed by atoms with E-state index >= 15 is 0 Å². The normalized spacial score (nSPS) is 19.5. The molecule has 0 bridgehead atoms. The molecule has 5 nitrogen and oxygen atoms in total. The summed E-state index contributed by atoms with van der Waals surface area (Å²) in [5, 5.41) is 0. The van der Waals surface area contributed by atoms with Crippen molar-refractivity contribution in [3.63, 3.8) is 0 Å². The number of rotatable bonds is 4.